The summed E-state index contributed by atoms with van der Waals surface area (Å²) in [5, 5.41) is 0. The zero-order valence-corrected chi connectivity index (χ0v) is 11.4. The average Bonchev–Trinajstić information content (AvgIpc) is 2.39. The molecule has 0 radical (unpaired) electrons. The summed E-state index contributed by atoms with van der Waals surface area (Å²) < 4.78 is 0. The molecule has 2 aliphatic carbocycles. The first kappa shape index (κ1) is 12.5. The predicted octanol–water partition coefficient (Wildman–Crippen LogP) is 5.42. The third-order valence-electron chi connectivity index (χ3n) is 5.54. The maximum absolute atomic E-state index is 2.39. The van der Waals surface area contributed by atoms with E-state index in [1.807, 2.05) is 0 Å². The Morgan fingerprint density at radius 2 is 1.38 bits per heavy atom. The highest BCUT2D eigenvalue weighted by Crippen LogP contribution is 2.42. The van der Waals surface area contributed by atoms with E-state index in [9.17, 15) is 0 Å². The van der Waals surface area contributed by atoms with Gasteiger partial charge in [-0.2, -0.15) is 0 Å². The van der Waals surface area contributed by atoms with E-state index in [0.29, 0.717) is 0 Å². The van der Waals surface area contributed by atoms with Crippen LogP contribution < -0.4 is 0 Å². The fraction of sp³-hybridized carbons (Fsp3) is 1.00. The van der Waals surface area contributed by atoms with Gasteiger partial charge in [-0.1, -0.05) is 58.8 Å². The molecule has 0 heteroatoms. The molecule has 0 saturated heterocycles. The Labute approximate surface area is 102 Å². The van der Waals surface area contributed by atoms with Crippen LogP contribution >= 0.6 is 0 Å². The highest BCUT2D eigenvalue weighted by atomic mass is 14.4. The summed E-state index contributed by atoms with van der Waals surface area (Å²) in [6, 6.07) is 0. The van der Waals surface area contributed by atoms with Crippen molar-refractivity contribution < 1.29 is 0 Å². The fourth-order valence-corrected chi connectivity index (χ4v) is 4.20. The van der Waals surface area contributed by atoms with Crippen molar-refractivity contribution >= 4 is 0 Å². The predicted molar refractivity (Wildman–Crippen MR) is 71.5 cm³/mol. The Morgan fingerprint density at radius 1 is 0.688 bits per heavy atom. The van der Waals surface area contributed by atoms with Crippen molar-refractivity contribution in [2.45, 2.75) is 78.1 Å². The van der Waals surface area contributed by atoms with Crippen LogP contribution in [0, 0.1) is 23.7 Å². The Kier molecular flexibility index (Phi) is 4.73. The lowest BCUT2D eigenvalue weighted by atomic mass is 9.68. The summed E-state index contributed by atoms with van der Waals surface area (Å²) in [4.78, 5) is 0. The monoisotopic (exact) mass is 222 g/mol. The molecule has 0 spiro atoms. The van der Waals surface area contributed by atoms with Crippen molar-refractivity contribution in [1.29, 1.82) is 0 Å². The van der Waals surface area contributed by atoms with E-state index in [1.54, 1.807) is 25.7 Å². The fourth-order valence-electron chi connectivity index (χ4n) is 4.20. The van der Waals surface area contributed by atoms with E-state index < -0.39 is 0 Å². The van der Waals surface area contributed by atoms with Crippen LogP contribution in [0.3, 0.4) is 0 Å². The molecule has 0 heterocycles. The lowest BCUT2D eigenvalue weighted by molar-refractivity contribution is 0.137. The van der Waals surface area contributed by atoms with E-state index in [0.717, 1.165) is 23.7 Å². The van der Waals surface area contributed by atoms with Crippen LogP contribution in [0.2, 0.25) is 0 Å². The quantitative estimate of drug-likeness (QED) is 0.598. The molecule has 0 nitrogen and oxygen atoms in total. The Morgan fingerprint density at radius 3 is 2.00 bits per heavy atom. The molecular weight excluding hydrogens is 192 g/mol. The summed E-state index contributed by atoms with van der Waals surface area (Å²) in [7, 11) is 0. The van der Waals surface area contributed by atoms with Crippen molar-refractivity contribution in [2.75, 3.05) is 0 Å². The summed E-state index contributed by atoms with van der Waals surface area (Å²) in [5.74, 6) is 4.36. The van der Waals surface area contributed by atoms with Gasteiger partial charge in [-0.05, 0) is 42.9 Å². The lowest BCUT2D eigenvalue weighted by Crippen LogP contribution is -2.26. The molecular formula is C16H30. The lowest BCUT2D eigenvalue weighted by Gasteiger charge is -2.38. The van der Waals surface area contributed by atoms with Crippen LogP contribution in [0.1, 0.15) is 78.1 Å². The van der Waals surface area contributed by atoms with Crippen LogP contribution in [0.4, 0.5) is 0 Å². The van der Waals surface area contributed by atoms with Crippen LogP contribution in [-0.2, 0) is 0 Å². The second kappa shape index (κ2) is 6.07. The Hall–Kier alpha value is 0. The van der Waals surface area contributed by atoms with E-state index >= 15 is 0 Å². The van der Waals surface area contributed by atoms with Gasteiger partial charge in [-0.25, -0.2) is 0 Å². The van der Waals surface area contributed by atoms with E-state index in [4.69, 9.17) is 0 Å². The van der Waals surface area contributed by atoms with Gasteiger partial charge in [0.2, 0.25) is 0 Å². The van der Waals surface area contributed by atoms with Crippen molar-refractivity contribution in [3.05, 3.63) is 0 Å². The second-order valence-electron chi connectivity index (χ2n) is 6.39. The Balaban J connectivity index is 1.79. The third-order valence-corrected chi connectivity index (χ3v) is 5.54. The van der Waals surface area contributed by atoms with E-state index in [2.05, 4.69) is 13.8 Å². The van der Waals surface area contributed by atoms with Gasteiger partial charge in [-0.3, -0.25) is 0 Å². The number of hydrogen-bond donors (Lipinski definition) is 0. The Bertz CT molecular complexity index is 188. The number of rotatable bonds is 3. The minimum atomic E-state index is 1.07. The second-order valence-corrected chi connectivity index (χ2v) is 6.39. The first-order chi connectivity index (χ1) is 7.83. The van der Waals surface area contributed by atoms with Crippen LogP contribution in [0.15, 0.2) is 0 Å². The van der Waals surface area contributed by atoms with Crippen molar-refractivity contribution in [1.82, 2.24) is 0 Å². The molecule has 0 amide bonds. The van der Waals surface area contributed by atoms with Gasteiger partial charge in [0.05, 0.1) is 0 Å². The molecule has 2 saturated carbocycles. The largest absolute Gasteiger partial charge is 0.0651 e. The van der Waals surface area contributed by atoms with Crippen LogP contribution in [0.5, 0.6) is 0 Å². The summed E-state index contributed by atoms with van der Waals surface area (Å²) >= 11 is 0. The van der Waals surface area contributed by atoms with Crippen LogP contribution in [0.25, 0.3) is 0 Å². The summed E-state index contributed by atoms with van der Waals surface area (Å²) in [5.41, 5.74) is 0. The van der Waals surface area contributed by atoms with Gasteiger partial charge in [0.15, 0.2) is 0 Å². The van der Waals surface area contributed by atoms with Gasteiger partial charge < -0.3 is 0 Å². The average molecular weight is 222 g/mol. The van der Waals surface area contributed by atoms with E-state index in [1.165, 1.54) is 38.5 Å². The summed E-state index contributed by atoms with van der Waals surface area (Å²) in [6.07, 6.45) is 15.2. The zero-order valence-electron chi connectivity index (χ0n) is 11.4. The van der Waals surface area contributed by atoms with Gasteiger partial charge in [0.25, 0.3) is 0 Å². The van der Waals surface area contributed by atoms with Gasteiger partial charge in [-0.15, -0.1) is 0 Å². The normalized spacial score (nSPS) is 40.9. The minimum absolute atomic E-state index is 1.07. The first-order valence-electron chi connectivity index (χ1n) is 7.83. The summed E-state index contributed by atoms with van der Waals surface area (Å²) in [6.45, 7) is 4.76. The molecule has 2 atom stereocenters. The standard InChI is InChI=1S/C16H30/c1-3-13-8-10-15(11-9-13)16-7-5-6-14(4-2)12-16/h13-16H,3-12H2,1-2H3/t13-,14-,15+,16-/m1/s1. The van der Waals surface area contributed by atoms with Crippen molar-refractivity contribution in [3.8, 4) is 0 Å². The topological polar surface area (TPSA) is 0 Å². The first-order valence-corrected chi connectivity index (χ1v) is 7.83. The van der Waals surface area contributed by atoms with Gasteiger partial charge in [0, 0.05) is 0 Å². The minimum Gasteiger partial charge on any atom is -0.0651 e. The smallest absolute Gasteiger partial charge is 0.0383 e. The number of hydrogen-bond acceptors (Lipinski definition) is 0. The van der Waals surface area contributed by atoms with Crippen molar-refractivity contribution in [2.24, 2.45) is 23.7 Å². The molecule has 94 valence electrons. The van der Waals surface area contributed by atoms with Crippen molar-refractivity contribution in [3.63, 3.8) is 0 Å². The zero-order chi connectivity index (χ0) is 11.4. The molecule has 2 aliphatic rings. The SMILES string of the molecule is CC[C@@H]1CCC[C@@H]([C@H]2CC[C@@H](CC)CC2)C1. The molecule has 0 aromatic rings. The highest BCUT2D eigenvalue weighted by Gasteiger charge is 2.30. The molecule has 2 rings (SSSR count). The maximum Gasteiger partial charge on any atom is -0.0383 e. The van der Waals surface area contributed by atoms with E-state index in [-0.39, 0.29) is 0 Å². The van der Waals surface area contributed by atoms with Crippen LogP contribution in [-0.4, -0.2) is 0 Å². The van der Waals surface area contributed by atoms with Gasteiger partial charge in [0.1, 0.15) is 0 Å². The molecule has 0 N–H and O–H groups in total. The molecule has 0 unspecified atom stereocenters. The maximum atomic E-state index is 2.39. The molecule has 0 bridgehead atoms. The third kappa shape index (κ3) is 3.02. The molecule has 0 aromatic heterocycles. The molecule has 0 aliphatic heterocycles. The molecule has 16 heavy (non-hydrogen) atoms. The highest BCUT2D eigenvalue weighted by molar-refractivity contribution is 4.81. The molecule has 0 aromatic carbocycles. The van der Waals surface area contributed by atoms with Gasteiger partial charge >= 0.3 is 0 Å². The molecule has 2 fully saturated rings.